The van der Waals surface area contributed by atoms with Crippen LogP contribution in [0.5, 0.6) is 5.75 Å². The van der Waals surface area contributed by atoms with E-state index < -0.39 is 0 Å². The van der Waals surface area contributed by atoms with Gasteiger partial charge in [0.15, 0.2) is 0 Å². The number of ether oxygens (including phenoxy) is 1. The van der Waals surface area contributed by atoms with Crippen molar-refractivity contribution in [2.45, 2.75) is 64.7 Å². The minimum atomic E-state index is 0.0919. The Labute approximate surface area is 169 Å². The van der Waals surface area contributed by atoms with E-state index in [1.807, 2.05) is 18.2 Å². The highest BCUT2D eigenvalue weighted by Gasteiger charge is 2.56. The second-order valence-corrected chi connectivity index (χ2v) is 9.43. The monoisotopic (exact) mass is 379 g/mol. The van der Waals surface area contributed by atoms with Crippen molar-refractivity contribution >= 4 is 0 Å². The van der Waals surface area contributed by atoms with Crippen LogP contribution in [0.1, 0.15) is 50.8 Å². The molecule has 4 rings (SSSR count). The van der Waals surface area contributed by atoms with Gasteiger partial charge >= 0.3 is 0 Å². The van der Waals surface area contributed by atoms with Crippen molar-refractivity contribution in [2.75, 3.05) is 13.1 Å². The molecule has 2 aromatic rings. The van der Waals surface area contributed by atoms with Gasteiger partial charge in [0.25, 0.3) is 0 Å². The zero-order chi connectivity index (χ0) is 19.9. The first-order chi connectivity index (χ1) is 13.3. The number of piperidine rings is 1. The van der Waals surface area contributed by atoms with Crippen LogP contribution in [0.2, 0.25) is 0 Å². The second kappa shape index (κ2) is 7.20. The number of aromatic hydroxyl groups is 1. The van der Waals surface area contributed by atoms with E-state index in [1.165, 1.54) is 11.1 Å². The predicted octanol–water partition coefficient (Wildman–Crippen LogP) is 4.91. The molecule has 3 nitrogen and oxygen atoms in total. The highest BCUT2D eigenvalue weighted by Crippen LogP contribution is 2.57. The lowest BCUT2D eigenvalue weighted by Gasteiger charge is -2.61. The van der Waals surface area contributed by atoms with Crippen molar-refractivity contribution in [3.05, 3.63) is 65.2 Å². The zero-order valence-corrected chi connectivity index (χ0v) is 17.6. The van der Waals surface area contributed by atoms with E-state index in [4.69, 9.17) is 4.74 Å². The fourth-order valence-corrected chi connectivity index (χ4v) is 5.45. The minimum Gasteiger partial charge on any atom is -0.508 e. The number of nitrogens with zero attached hydrogens (tertiary/aromatic N) is 1. The van der Waals surface area contributed by atoms with Crippen molar-refractivity contribution in [1.82, 2.24) is 4.90 Å². The van der Waals surface area contributed by atoms with Crippen LogP contribution in [0.3, 0.4) is 0 Å². The first kappa shape index (κ1) is 19.5. The van der Waals surface area contributed by atoms with E-state index in [1.54, 1.807) is 0 Å². The van der Waals surface area contributed by atoms with Gasteiger partial charge in [-0.3, -0.25) is 4.90 Å². The Balaban J connectivity index is 1.51. The third-order valence-electron chi connectivity index (χ3n) is 7.61. The van der Waals surface area contributed by atoms with Crippen LogP contribution in [0.25, 0.3) is 0 Å². The molecule has 0 aromatic heterocycles. The van der Waals surface area contributed by atoms with Gasteiger partial charge in [0.1, 0.15) is 5.75 Å². The molecule has 1 fully saturated rings. The maximum Gasteiger partial charge on any atom is 0.119 e. The molecule has 1 heterocycles. The third-order valence-corrected chi connectivity index (χ3v) is 7.61. The Bertz CT molecular complexity index is 832. The van der Waals surface area contributed by atoms with Crippen LogP contribution in [0, 0.1) is 5.41 Å². The van der Waals surface area contributed by atoms with Crippen LogP contribution in [0.4, 0.5) is 0 Å². The Morgan fingerprint density at radius 3 is 2.61 bits per heavy atom. The lowest BCUT2D eigenvalue weighted by Crippen LogP contribution is -2.64. The fraction of sp³-hybridized carbons (Fsp3) is 0.520. The predicted molar refractivity (Wildman–Crippen MR) is 114 cm³/mol. The quantitative estimate of drug-likeness (QED) is 0.801. The maximum absolute atomic E-state index is 10.5. The van der Waals surface area contributed by atoms with Crippen molar-refractivity contribution < 1.29 is 9.84 Å². The van der Waals surface area contributed by atoms with E-state index in [0.717, 1.165) is 31.5 Å². The molecular formula is C25H33NO2. The summed E-state index contributed by atoms with van der Waals surface area (Å²) in [6, 6.07) is 16.9. The third kappa shape index (κ3) is 3.15. The summed E-state index contributed by atoms with van der Waals surface area (Å²) in [5.74, 6) is 0.458. The van der Waals surface area contributed by atoms with Crippen molar-refractivity contribution in [3.8, 4) is 5.75 Å². The van der Waals surface area contributed by atoms with E-state index in [2.05, 4.69) is 62.9 Å². The molecule has 0 amide bonds. The van der Waals surface area contributed by atoms with Gasteiger partial charge in [-0.1, -0.05) is 63.2 Å². The van der Waals surface area contributed by atoms with Gasteiger partial charge in [-0.15, -0.1) is 0 Å². The van der Waals surface area contributed by atoms with Crippen LogP contribution in [-0.4, -0.2) is 35.2 Å². The summed E-state index contributed by atoms with van der Waals surface area (Å²) in [6.45, 7) is 12.1. The average molecular weight is 380 g/mol. The number of phenolic OH excluding ortho intramolecular Hbond substituents is 1. The second-order valence-electron chi connectivity index (χ2n) is 9.43. The van der Waals surface area contributed by atoms with Crippen molar-refractivity contribution in [2.24, 2.45) is 5.41 Å². The molecule has 1 saturated heterocycles. The van der Waals surface area contributed by atoms with Crippen LogP contribution >= 0.6 is 0 Å². The van der Waals surface area contributed by atoms with Gasteiger partial charge in [-0.2, -0.15) is 0 Å². The molecule has 28 heavy (non-hydrogen) atoms. The summed E-state index contributed by atoms with van der Waals surface area (Å²) in [4.78, 5) is 2.60. The number of hydrogen-bond donors (Lipinski definition) is 1. The van der Waals surface area contributed by atoms with E-state index in [0.29, 0.717) is 18.4 Å². The lowest BCUT2D eigenvalue weighted by molar-refractivity contribution is -0.0651. The SMILES string of the molecule is C[C@@H](CN1CC[C@]2(C)c3cccc(O)c3C[C@H]1C2(C)C)OCc1ccccc1. The Morgan fingerprint density at radius 2 is 1.86 bits per heavy atom. The van der Waals surface area contributed by atoms with Gasteiger partial charge in [0, 0.05) is 18.0 Å². The topological polar surface area (TPSA) is 32.7 Å². The number of phenols is 1. The minimum absolute atomic E-state index is 0.0919. The van der Waals surface area contributed by atoms with E-state index in [-0.39, 0.29) is 16.9 Å². The normalized spacial score (nSPS) is 27.2. The molecular weight excluding hydrogens is 346 g/mol. The summed E-state index contributed by atoms with van der Waals surface area (Å²) in [5.41, 5.74) is 3.95. The lowest BCUT2D eigenvalue weighted by atomic mass is 9.51. The molecule has 3 heteroatoms. The van der Waals surface area contributed by atoms with E-state index in [9.17, 15) is 5.11 Å². The van der Waals surface area contributed by atoms with E-state index >= 15 is 0 Å². The molecule has 1 N–H and O–H groups in total. The Hall–Kier alpha value is -1.84. The summed E-state index contributed by atoms with van der Waals surface area (Å²) in [7, 11) is 0. The Morgan fingerprint density at radius 1 is 1.11 bits per heavy atom. The number of rotatable bonds is 5. The molecule has 3 atom stereocenters. The van der Waals surface area contributed by atoms with Gasteiger partial charge < -0.3 is 9.84 Å². The van der Waals surface area contributed by atoms with Gasteiger partial charge in [-0.25, -0.2) is 0 Å². The molecule has 0 saturated carbocycles. The Kier molecular flexibility index (Phi) is 5.01. The van der Waals surface area contributed by atoms with Gasteiger partial charge in [-0.05, 0) is 54.5 Å². The first-order valence-electron chi connectivity index (χ1n) is 10.5. The largest absolute Gasteiger partial charge is 0.508 e. The van der Waals surface area contributed by atoms with Gasteiger partial charge in [0.2, 0.25) is 0 Å². The number of likely N-dealkylation sites (tertiary alicyclic amines) is 1. The molecule has 2 aromatic carbocycles. The molecule has 150 valence electrons. The van der Waals surface area contributed by atoms with Gasteiger partial charge in [0.05, 0.1) is 12.7 Å². The first-order valence-corrected chi connectivity index (χ1v) is 10.5. The highest BCUT2D eigenvalue weighted by atomic mass is 16.5. The molecule has 1 aliphatic heterocycles. The molecule has 0 radical (unpaired) electrons. The van der Waals surface area contributed by atoms with Crippen LogP contribution in [-0.2, 0) is 23.2 Å². The average Bonchev–Trinajstić information content (AvgIpc) is 2.67. The van der Waals surface area contributed by atoms with Crippen molar-refractivity contribution in [1.29, 1.82) is 0 Å². The summed E-state index contributed by atoms with van der Waals surface area (Å²) < 4.78 is 6.16. The summed E-state index contributed by atoms with van der Waals surface area (Å²) >= 11 is 0. The fourth-order valence-electron chi connectivity index (χ4n) is 5.45. The zero-order valence-electron chi connectivity index (χ0n) is 17.6. The molecule has 0 unspecified atom stereocenters. The smallest absolute Gasteiger partial charge is 0.119 e. The maximum atomic E-state index is 10.5. The van der Waals surface area contributed by atoms with Crippen LogP contribution < -0.4 is 0 Å². The molecule has 2 bridgehead atoms. The number of benzene rings is 2. The molecule has 1 aliphatic carbocycles. The number of fused-ring (bicyclic) bond motifs is 4. The van der Waals surface area contributed by atoms with Crippen LogP contribution in [0.15, 0.2) is 48.5 Å². The molecule has 0 spiro atoms. The van der Waals surface area contributed by atoms with Crippen molar-refractivity contribution in [3.63, 3.8) is 0 Å². The summed E-state index contributed by atoms with van der Waals surface area (Å²) in [5, 5.41) is 10.5. The number of hydrogen-bond acceptors (Lipinski definition) is 3. The highest BCUT2D eigenvalue weighted by molar-refractivity contribution is 5.48. The standard InChI is InChI=1S/C25H33NO2/c1-18(28-17-19-9-6-5-7-10-19)16-26-14-13-25(4)21-11-8-12-22(27)20(21)15-23(26)24(25,2)3/h5-12,18,23,27H,13-17H2,1-4H3/t18-,23-,25+/m0/s1. The summed E-state index contributed by atoms with van der Waals surface area (Å²) in [6.07, 6.45) is 2.19. The molecule has 2 aliphatic rings.